The molecule has 0 radical (unpaired) electrons. The summed E-state index contributed by atoms with van der Waals surface area (Å²) in [6, 6.07) is 13.3. The van der Waals surface area contributed by atoms with E-state index >= 15 is 0 Å². The smallest absolute Gasteiger partial charge is 0.408 e. The molecule has 0 saturated carbocycles. The monoisotopic (exact) mass is 524 g/mol. The van der Waals surface area contributed by atoms with Crippen LogP contribution in [0, 0.1) is 5.92 Å². The molecule has 2 amide bonds. The van der Waals surface area contributed by atoms with Crippen molar-refractivity contribution in [3.8, 4) is 5.75 Å². The Bertz CT molecular complexity index is 1320. The van der Waals surface area contributed by atoms with Crippen LogP contribution in [-0.2, 0) is 32.1 Å². The summed E-state index contributed by atoms with van der Waals surface area (Å²) >= 11 is 0. The van der Waals surface area contributed by atoms with Gasteiger partial charge in [0.05, 0.1) is 14.2 Å². The molecular weight excluding hydrogens is 492 g/mol. The van der Waals surface area contributed by atoms with E-state index < -0.39 is 35.7 Å². The van der Waals surface area contributed by atoms with Gasteiger partial charge in [-0.15, -0.1) is 0 Å². The molecule has 1 aromatic heterocycles. The van der Waals surface area contributed by atoms with Crippen LogP contribution in [-0.4, -0.2) is 44.3 Å². The average Bonchev–Trinajstić information content (AvgIpc) is 2.90. The molecule has 2 aromatic carbocycles. The topological polar surface area (TPSA) is 133 Å². The highest BCUT2D eigenvalue weighted by Crippen LogP contribution is 2.23. The molecule has 10 heteroatoms. The van der Waals surface area contributed by atoms with Gasteiger partial charge in [0, 0.05) is 23.9 Å². The number of nitrogens with one attached hydrogen (secondary N) is 2. The SMILES string of the molecule is COC(=O)[C@@H](Cc1cc(=O)oc2cc(OC)ccc12)NC(=O)[C@H](CC(C)C)NC(=O)OCc1ccccc1. The summed E-state index contributed by atoms with van der Waals surface area (Å²) in [5, 5.41) is 5.84. The van der Waals surface area contributed by atoms with Crippen LogP contribution >= 0.6 is 0 Å². The minimum atomic E-state index is -1.13. The van der Waals surface area contributed by atoms with E-state index in [-0.39, 0.29) is 24.5 Å². The molecule has 3 rings (SSSR count). The standard InChI is InChI=1S/C28H32N2O8/c1-17(2)12-22(30-28(34)37-16-18-8-6-5-7-9-18)26(32)29-23(27(33)36-4)13-19-14-25(31)38-24-15-20(35-3)10-11-21(19)24/h5-11,14-15,17,22-23H,12-13,16H2,1-4H3,(H,29,32)(H,30,34)/t22-,23+/m0/s1. The highest BCUT2D eigenvalue weighted by atomic mass is 16.5. The zero-order valence-corrected chi connectivity index (χ0v) is 21.8. The number of carbonyl (C=O) groups excluding carboxylic acids is 3. The third kappa shape index (κ3) is 7.83. The average molecular weight is 525 g/mol. The molecule has 0 fully saturated rings. The molecule has 2 atom stereocenters. The zero-order valence-electron chi connectivity index (χ0n) is 21.8. The Morgan fingerprint density at radius 3 is 2.34 bits per heavy atom. The largest absolute Gasteiger partial charge is 0.497 e. The second-order valence-electron chi connectivity index (χ2n) is 9.13. The maximum Gasteiger partial charge on any atom is 0.408 e. The molecule has 10 nitrogen and oxygen atoms in total. The molecule has 0 saturated heterocycles. The lowest BCUT2D eigenvalue weighted by Gasteiger charge is -2.23. The van der Waals surface area contributed by atoms with Crippen LogP contribution in [0.4, 0.5) is 4.79 Å². The van der Waals surface area contributed by atoms with Gasteiger partial charge in [0.1, 0.15) is 30.0 Å². The molecule has 0 bridgehead atoms. The molecule has 202 valence electrons. The van der Waals surface area contributed by atoms with Gasteiger partial charge in [-0.2, -0.15) is 0 Å². The minimum Gasteiger partial charge on any atom is -0.497 e. The molecule has 0 aliphatic carbocycles. The Balaban J connectivity index is 1.77. The second kappa shape index (κ2) is 13.3. The van der Waals surface area contributed by atoms with E-state index in [1.807, 2.05) is 44.2 Å². The molecule has 0 unspecified atom stereocenters. The fourth-order valence-corrected chi connectivity index (χ4v) is 3.94. The lowest BCUT2D eigenvalue weighted by molar-refractivity contribution is -0.145. The van der Waals surface area contributed by atoms with Gasteiger partial charge in [-0.05, 0) is 35.6 Å². The lowest BCUT2D eigenvalue weighted by atomic mass is 10.00. The van der Waals surface area contributed by atoms with E-state index in [1.54, 1.807) is 18.2 Å². The highest BCUT2D eigenvalue weighted by Gasteiger charge is 2.29. The first-order valence-corrected chi connectivity index (χ1v) is 12.2. The number of benzene rings is 2. The van der Waals surface area contributed by atoms with Gasteiger partial charge in [-0.25, -0.2) is 14.4 Å². The van der Waals surface area contributed by atoms with Gasteiger partial charge in [-0.1, -0.05) is 44.2 Å². The van der Waals surface area contributed by atoms with Crippen molar-refractivity contribution >= 4 is 28.9 Å². The van der Waals surface area contributed by atoms with Crippen molar-refractivity contribution in [3.05, 3.63) is 76.1 Å². The zero-order chi connectivity index (χ0) is 27.7. The Morgan fingerprint density at radius 1 is 0.947 bits per heavy atom. The number of alkyl carbamates (subject to hydrolysis) is 1. The summed E-state index contributed by atoms with van der Waals surface area (Å²) in [6.45, 7) is 3.85. The predicted octanol–water partition coefficient (Wildman–Crippen LogP) is 3.34. The highest BCUT2D eigenvalue weighted by molar-refractivity contribution is 5.90. The number of ether oxygens (including phenoxy) is 3. The van der Waals surface area contributed by atoms with Crippen LogP contribution in [0.2, 0.25) is 0 Å². The van der Waals surface area contributed by atoms with Gasteiger partial charge in [0.2, 0.25) is 5.91 Å². The van der Waals surface area contributed by atoms with E-state index in [0.717, 1.165) is 5.56 Å². The first kappa shape index (κ1) is 28.2. The number of amides is 2. The quantitative estimate of drug-likeness (QED) is 0.288. The molecule has 0 spiro atoms. The summed E-state index contributed by atoms with van der Waals surface area (Å²) in [6.07, 6.45) is -0.498. The minimum absolute atomic E-state index is 0.0420. The molecule has 1 heterocycles. The van der Waals surface area contributed by atoms with Crippen molar-refractivity contribution in [2.24, 2.45) is 5.92 Å². The molecule has 38 heavy (non-hydrogen) atoms. The second-order valence-corrected chi connectivity index (χ2v) is 9.13. The van der Waals surface area contributed by atoms with Gasteiger partial charge in [-0.3, -0.25) is 4.79 Å². The fourth-order valence-electron chi connectivity index (χ4n) is 3.94. The van der Waals surface area contributed by atoms with Gasteiger partial charge < -0.3 is 29.3 Å². The molecular formula is C28H32N2O8. The van der Waals surface area contributed by atoms with Crippen molar-refractivity contribution in [2.45, 2.75) is 45.4 Å². The van der Waals surface area contributed by atoms with Crippen molar-refractivity contribution in [1.82, 2.24) is 10.6 Å². The van der Waals surface area contributed by atoms with Crippen LogP contribution in [0.25, 0.3) is 11.0 Å². The molecule has 0 aliphatic heterocycles. The van der Waals surface area contributed by atoms with Crippen molar-refractivity contribution in [2.75, 3.05) is 14.2 Å². The summed E-state index contributed by atoms with van der Waals surface area (Å²) in [4.78, 5) is 50.5. The number of fused-ring (bicyclic) bond motifs is 1. The van der Waals surface area contributed by atoms with Crippen molar-refractivity contribution in [3.63, 3.8) is 0 Å². The Kier molecular flexibility index (Phi) is 9.86. The molecule has 0 aliphatic rings. The summed E-state index contributed by atoms with van der Waals surface area (Å²) in [5.74, 6) is -0.741. The van der Waals surface area contributed by atoms with Gasteiger partial charge in [0.15, 0.2) is 0 Å². The number of hydrogen-bond donors (Lipinski definition) is 2. The summed E-state index contributed by atoms with van der Waals surface area (Å²) < 4.78 is 20.6. The molecule has 3 aromatic rings. The maximum absolute atomic E-state index is 13.2. The Hall–Kier alpha value is -4.34. The first-order valence-electron chi connectivity index (χ1n) is 12.2. The van der Waals surface area contributed by atoms with E-state index in [2.05, 4.69) is 10.6 Å². The Morgan fingerprint density at radius 2 is 1.68 bits per heavy atom. The van der Waals surface area contributed by atoms with Crippen LogP contribution in [0.5, 0.6) is 5.75 Å². The van der Waals surface area contributed by atoms with E-state index in [1.165, 1.54) is 20.3 Å². The number of methoxy groups -OCH3 is 2. The Labute approximate surface area is 220 Å². The summed E-state index contributed by atoms with van der Waals surface area (Å²) in [7, 11) is 2.69. The van der Waals surface area contributed by atoms with Crippen LogP contribution in [0.3, 0.4) is 0 Å². The lowest BCUT2D eigenvalue weighted by Crippen LogP contribution is -2.53. The van der Waals surface area contributed by atoms with Crippen LogP contribution in [0.1, 0.15) is 31.4 Å². The van der Waals surface area contributed by atoms with Crippen LogP contribution in [0.15, 0.2) is 63.8 Å². The number of carbonyl (C=O) groups is 3. The normalized spacial score (nSPS) is 12.4. The van der Waals surface area contributed by atoms with Crippen LogP contribution < -0.4 is 21.0 Å². The van der Waals surface area contributed by atoms with E-state index in [9.17, 15) is 19.2 Å². The summed E-state index contributed by atoms with van der Waals surface area (Å²) in [5.41, 5.74) is 0.944. The third-order valence-electron chi connectivity index (χ3n) is 5.79. The van der Waals surface area contributed by atoms with Gasteiger partial charge in [0.25, 0.3) is 0 Å². The van der Waals surface area contributed by atoms with Crippen molar-refractivity contribution < 1.29 is 33.0 Å². The third-order valence-corrected chi connectivity index (χ3v) is 5.79. The first-order chi connectivity index (χ1) is 18.2. The van der Waals surface area contributed by atoms with Gasteiger partial charge >= 0.3 is 17.7 Å². The number of rotatable bonds is 11. The van der Waals surface area contributed by atoms with E-state index in [0.29, 0.717) is 23.1 Å². The number of esters is 1. The van der Waals surface area contributed by atoms with Crippen molar-refractivity contribution in [1.29, 1.82) is 0 Å². The maximum atomic E-state index is 13.2. The number of hydrogen-bond acceptors (Lipinski definition) is 8. The molecule has 2 N–H and O–H groups in total. The van der Waals surface area contributed by atoms with E-state index in [4.69, 9.17) is 18.6 Å². The predicted molar refractivity (Wildman–Crippen MR) is 140 cm³/mol. The fraction of sp³-hybridized carbons (Fsp3) is 0.357.